The van der Waals surface area contributed by atoms with Crippen molar-refractivity contribution in [3.63, 3.8) is 0 Å². The lowest BCUT2D eigenvalue weighted by Gasteiger charge is -2.36. The van der Waals surface area contributed by atoms with Crippen LogP contribution >= 0.6 is 0 Å². The molecule has 2 saturated carbocycles. The van der Waals surface area contributed by atoms with E-state index in [1.165, 1.54) is 6.42 Å². The Bertz CT molecular complexity index is 230. The van der Waals surface area contributed by atoms with Crippen molar-refractivity contribution in [1.29, 1.82) is 5.26 Å². The van der Waals surface area contributed by atoms with E-state index in [0.29, 0.717) is 24.1 Å². The van der Waals surface area contributed by atoms with Gasteiger partial charge in [-0.05, 0) is 32.1 Å². The molecule has 0 bridgehead atoms. The third kappa shape index (κ3) is 2.08. The molecule has 2 atom stereocenters. The van der Waals surface area contributed by atoms with Gasteiger partial charge in [-0.1, -0.05) is 0 Å². The number of hydrogen-bond donors (Lipinski definition) is 1. The van der Waals surface area contributed by atoms with Gasteiger partial charge in [-0.25, -0.2) is 0 Å². The van der Waals surface area contributed by atoms with E-state index in [1.807, 2.05) is 0 Å². The number of nitriles is 1. The maximum Gasteiger partial charge on any atom is 0.0656 e. The number of rotatable bonds is 3. The molecule has 3 heteroatoms. The Kier molecular flexibility index (Phi) is 3.05. The lowest BCUT2D eigenvalue weighted by molar-refractivity contribution is 0.0144. The Balaban J connectivity index is 1.66. The second-order valence-electron chi connectivity index (χ2n) is 4.53. The van der Waals surface area contributed by atoms with Crippen molar-refractivity contribution in [2.45, 2.75) is 50.3 Å². The first-order valence-corrected chi connectivity index (χ1v) is 5.50. The van der Waals surface area contributed by atoms with Crippen molar-refractivity contribution in [3.8, 4) is 6.07 Å². The van der Waals surface area contributed by atoms with Crippen LogP contribution in [0.2, 0.25) is 0 Å². The summed E-state index contributed by atoms with van der Waals surface area (Å²) < 4.78 is 5.23. The van der Waals surface area contributed by atoms with Crippen molar-refractivity contribution in [2.75, 3.05) is 7.11 Å². The van der Waals surface area contributed by atoms with Gasteiger partial charge in [0.25, 0.3) is 0 Å². The third-order valence-corrected chi connectivity index (χ3v) is 3.51. The molecule has 2 rings (SSSR count). The SMILES string of the molecule is COC1CC(NC2CCC(C#N)C2)C1. The smallest absolute Gasteiger partial charge is 0.0656 e. The topological polar surface area (TPSA) is 45.0 Å². The summed E-state index contributed by atoms with van der Waals surface area (Å²) in [5.74, 6) is 0.297. The lowest BCUT2D eigenvalue weighted by Crippen LogP contribution is -2.48. The van der Waals surface area contributed by atoms with Crippen LogP contribution in [0.25, 0.3) is 0 Å². The Hall–Kier alpha value is -0.590. The molecule has 0 spiro atoms. The first-order valence-electron chi connectivity index (χ1n) is 5.50. The van der Waals surface area contributed by atoms with Crippen LogP contribution in [0.1, 0.15) is 32.1 Å². The minimum absolute atomic E-state index is 0.297. The van der Waals surface area contributed by atoms with Crippen molar-refractivity contribution >= 4 is 0 Å². The van der Waals surface area contributed by atoms with E-state index in [2.05, 4.69) is 11.4 Å². The number of ether oxygens (including phenoxy) is 1. The maximum atomic E-state index is 8.77. The first-order chi connectivity index (χ1) is 6.81. The second kappa shape index (κ2) is 4.29. The molecular weight excluding hydrogens is 176 g/mol. The van der Waals surface area contributed by atoms with Crippen molar-refractivity contribution in [1.82, 2.24) is 5.32 Å². The van der Waals surface area contributed by atoms with Gasteiger partial charge in [-0.2, -0.15) is 5.26 Å². The van der Waals surface area contributed by atoms with Crippen LogP contribution in [0.15, 0.2) is 0 Å². The average molecular weight is 194 g/mol. The van der Waals surface area contributed by atoms with E-state index < -0.39 is 0 Å². The summed E-state index contributed by atoms with van der Waals surface area (Å²) in [6.45, 7) is 0. The molecule has 1 N–H and O–H groups in total. The molecule has 0 heterocycles. The molecule has 2 unspecified atom stereocenters. The van der Waals surface area contributed by atoms with Gasteiger partial charge in [0.05, 0.1) is 12.2 Å². The first kappa shape index (κ1) is 9.95. The van der Waals surface area contributed by atoms with Crippen LogP contribution in [0.4, 0.5) is 0 Å². The summed E-state index contributed by atoms with van der Waals surface area (Å²) in [5, 5.41) is 12.4. The predicted molar refractivity (Wildman–Crippen MR) is 53.7 cm³/mol. The van der Waals surface area contributed by atoms with Gasteiger partial charge in [-0.3, -0.25) is 0 Å². The largest absolute Gasteiger partial charge is 0.381 e. The second-order valence-corrected chi connectivity index (χ2v) is 4.53. The van der Waals surface area contributed by atoms with Gasteiger partial charge >= 0.3 is 0 Å². The fourth-order valence-electron chi connectivity index (χ4n) is 2.48. The molecule has 2 fully saturated rings. The molecule has 0 aromatic rings. The van der Waals surface area contributed by atoms with E-state index in [-0.39, 0.29) is 0 Å². The normalized spacial score (nSPS) is 41.7. The van der Waals surface area contributed by atoms with Gasteiger partial charge < -0.3 is 10.1 Å². The van der Waals surface area contributed by atoms with E-state index >= 15 is 0 Å². The van der Waals surface area contributed by atoms with Gasteiger partial charge in [0.15, 0.2) is 0 Å². The monoisotopic (exact) mass is 194 g/mol. The van der Waals surface area contributed by atoms with Crippen LogP contribution in [-0.2, 0) is 4.74 Å². The standard InChI is InChI=1S/C11H18N2O/c1-14-11-5-10(6-11)13-9-3-2-8(4-9)7-12/h8-11,13H,2-6H2,1H3. The Morgan fingerprint density at radius 2 is 2.00 bits per heavy atom. The molecule has 14 heavy (non-hydrogen) atoms. The molecule has 3 nitrogen and oxygen atoms in total. The van der Waals surface area contributed by atoms with E-state index in [4.69, 9.17) is 10.00 Å². The van der Waals surface area contributed by atoms with E-state index in [1.54, 1.807) is 7.11 Å². The summed E-state index contributed by atoms with van der Waals surface area (Å²) in [4.78, 5) is 0. The van der Waals surface area contributed by atoms with E-state index in [0.717, 1.165) is 25.7 Å². The van der Waals surface area contributed by atoms with Crippen molar-refractivity contribution < 1.29 is 4.74 Å². The van der Waals surface area contributed by atoms with Gasteiger partial charge in [0, 0.05) is 25.1 Å². The van der Waals surface area contributed by atoms with Crippen molar-refractivity contribution in [2.24, 2.45) is 5.92 Å². The van der Waals surface area contributed by atoms with Crippen LogP contribution in [0.3, 0.4) is 0 Å². The summed E-state index contributed by atoms with van der Waals surface area (Å²) in [6, 6.07) is 3.59. The van der Waals surface area contributed by atoms with Crippen LogP contribution < -0.4 is 5.32 Å². The molecule has 78 valence electrons. The predicted octanol–water partition coefficient (Wildman–Crippen LogP) is 1.45. The molecule has 2 aliphatic rings. The van der Waals surface area contributed by atoms with Crippen molar-refractivity contribution in [3.05, 3.63) is 0 Å². The minimum atomic E-state index is 0.297. The zero-order chi connectivity index (χ0) is 9.97. The highest BCUT2D eigenvalue weighted by molar-refractivity contribution is 4.96. The van der Waals surface area contributed by atoms with Crippen LogP contribution in [0, 0.1) is 17.2 Å². The molecule has 0 radical (unpaired) electrons. The highest BCUT2D eigenvalue weighted by atomic mass is 16.5. The molecule has 0 amide bonds. The molecule has 0 aromatic carbocycles. The lowest BCUT2D eigenvalue weighted by atomic mass is 9.88. The molecule has 0 aliphatic heterocycles. The zero-order valence-electron chi connectivity index (χ0n) is 8.70. The highest BCUT2D eigenvalue weighted by Gasteiger charge is 2.33. The number of nitrogens with one attached hydrogen (secondary N) is 1. The Labute approximate surface area is 85.4 Å². The Morgan fingerprint density at radius 3 is 2.57 bits per heavy atom. The third-order valence-electron chi connectivity index (χ3n) is 3.51. The summed E-state index contributed by atoms with van der Waals surface area (Å²) in [5.41, 5.74) is 0. The van der Waals surface area contributed by atoms with E-state index in [9.17, 15) is 0 Å². The number of hydrogen-bond acceptors (Lipinski definition) is 3. The fourth-order valence-corrected chi connectivity index (χ4v) is 2.48. The molecular formula is C11H18N2O. The molecule has 0 saturated heterocycles. The van der Waals surface area contributed by atoms with Crippen LogP contribution in [-0.4, -0.2) is 25.3 Å². The fraction of sp³-hybridized carbons (Fsp3) is 0.909. The number of methoxy groups -OCH3 is 1. The van der Waals surface area contributed by atoms with Gasteiger partial charge in [0.2, 0.25) is 0 Å². The summed E-state index contributed by atoms with van der Waals surface area (Å²) >= 11 is 0. The van der Waals surface area contributed by atoms with Gasteiger partial charge in [0.1, 0.15) is 0 Å². The van der Waals surface area contributed by atoms with Crippen LogP contribution in [0.5, 0.6) is 0 Å². The summed E-state index contributed by atoms with van der Waals surface area (Å²) in [6.07, 6.45) is 6.06. The minimum Gasteiger partial charge on any atom is -0.381 e. The van der Waals surface area contributed by atoms with Gasteiger partial charge in [-0.15, -0.1) is 0 Å². The number of nitrogens with zero attached hydrogens (tertiary/aromatic N) is 1. The molecule has 0 aromatic heterocycles. The average Bonchev–Trinajstić information content (AvgIpc) is 2.58. The summed E-state index contributed by atoms with van der Waals surface area (Å²) in [7, 11) is 1.78. The molecule has 2 aliphatic carbocycles. The highest BCUT2D eigenvalue weighted by Crippen LogP contribution is 2.29. The maximum absolute atomic E-state index is 8.77. The zero-order valence-corrected chi connectivity index (χ0v) is 8.70. The Morgan fingerprint density at radius 1 is 1.21 bits per heavy atom. The quantitative estimate of drug-likeness (QED) is 0.739.